The number of rotatable bonds is 3. The van der Waals surface area contributed by atoms with Gasteiger partial charge in [-0.25, -0.2) is 0 Å². The van der Waals surface area contributed by atoms with Crippen molar-refractivity contribution < 1.29 is 4.74 Å². The fraction of sp³-hybridized carbons (Fsp3) is 1.00. The van der Waals surface area contributed by atoms with Crippen molar-refractivity contribution in [2.75, 3.05) is 13.2 Å². The summed E-state index contributed by atoms with van der Waals surface area (Å²) in [4.78, 5) is 0. The van der Waals surface area contributed by atoms with Crippen LogP contribution in [0.15, 0.2) is 0 Å². The van der Waals surface area contributed by atoms with Gasteiger partial charge in [0.1, 0.15) is 0 Å². The summed E-state index contributed by atoms with van der Waals surface area (Å²) in [5.41, 5.74) is 0. The Morgan fingerprint density at radius 3 is 2.82 bits per heavy atom. The first-order chi connectivity index (χ1) is 5.29. The summed E-state index contributed by atoms with van der Waals surface area (Å²) in [5.74, 6) is 0. The van der Waals surface area contributed by atoms with Crippen LogP contribution in [0.25, 0.3) is 0 Å². The lowest BCUT2D eigenvalue weighted by atomic mass is 10.1. The van der Waals surface area contributed by atoms with Crippen LogP contribution in [0.5, 0.6) is 0 Å². The van der Waals surface area contributed by atoms with E-state index in [1.165, 1.54) is 25.8 Å². The van der Waals surface area contributed by atoms with Gasteiger partial charge in [0.2, 0.25) is 0 Å². The van der Waals surface area contributed by atoms with Gasteiger partial charge in [-0.3, -0.25) is 0 Å². The fourth-order valence-electron chi connectivity index (χ4n) is 1.37. The average molecular weight is 157 g/mol. The zero-order valence-electron chi connectivity index (χ0n) is 7.60. The van der Waals surface area contributed by atoms with Gasteiger partial charge in [-0.15, -0.1) is 0 Å². The van der Waals surface area contributed by atoms with Crippen LogP contribution in [0.4, 0.5) is 0 Å². The van der Waals surface area contributed by atoms with E-state index in [0.717, 1.165) is 6.61 Å². The van der Waals surface area contributed by atoms with Gasteiger partial charge in [0.15, 0.2) is 0 Å². The van der Waals surface area contributed by atoms with Crippen molar-refractivity contribution >= 4 is 0 Å². The number of hydrogen-bond acceptors (Lipinski definition) is 2. The van der Waals surface area contributed by atoms with Crippen molar-refractivity contribution in [3.8, 4) is 0 Å². The molecule has 1 heterocycles. The van der Waals surface area contributed by atoms with Crippen molar-refractivity contribution in [3.63, 3.8) is 0 Å². The molecule has 0 amide bonds. The van der Waals surface area contributed by atoms with Crippen molar-refractivity contribution in [2.45, 2.75) is 45.3 Å². The second-order valence-electron chi connectivity index (χ2n) is 3.53. The molecule has 0 saturated carbocycles. The number of hydrogen-bond donors (Lipinski definition) is 1. The van der Waals surface area contributed by atoms with Crippen LogP contribution < -0.4 is 5.32 Å². The molecule has 0 aromatic rings. The lowest BCUT2D eigenvalue weighted by Crippen LogP contribution is -2.38. The van der Waals surface area contributed by atoms with E-state index in [1.807, 2.05) is 0 Å². The van der Waals surface area contributed by atoms with E-state index >= 15 is 0 Å². The third-order valence-corrected chi connectivity index (χ3v) is 2.04. The van der Waals surface area contributed by atoms with Gasteiger partial charge in [0.25, 0.3) is 0 Å². The number of ether oxygens (including phenoxy) is 1. The molecule has 0 aromatic heterocycles. The fourth-order valence-corrected chi connectivity index (χ4v) is 1.37. The second kappa shape index (κ2) is 4.73. The summed E-state index contributed by atoms with van der Waals surface area (Å²) in [6.45, 7) is 6.23. The Labute approximate surface area is 69.3 Å². The smallest absolute Gasteiger partial charge is 0.0623 e. The van der Waals surface area contributed by atoms with E-state index in [4.69, 9.17) is 4.74 Å². The van der Waals surface area contributed by atoms with Crippen LogP contribution >= 0.6 is 0 Å². The number of piperidine rings is 1. The van der Waals surface area contributed by atoms with Crippen LogP contribution in [0.2, 0.25) is 0 Å². The van der Waals surface area contributed by atoms with E-state index < -0.39 is 0 Å². The first-order valence-electron chi connectivity index (χ1n) is 4.64. The SMILES string of the molecule is CC(C)OC[C@H]1CCCCN1. The highest BCUT2D eigenvalue weighted by Gasteiger charge is 2.12. The molecule has 0 aromatic carbocycles. The Morgan fingerprint density at radius 2 is 2.27 bits per heavy atom. The highest BCUT2D eigenvalue weighted by Crippen LogP contribution is 2.07. The molecule has 1 atom stereocenters. The molecule has 0 bridgehead atoms. The minimum atomic E-state index is 0.374. The summed E-state index contributed by atoms with van der Waals surface area (Å²) in [6, 6.07) is 0.617. The molecule has 11 heavy (non-hydrogen) atoms. The summed E-state index contributed by atoms with van der Waals surface area (Å²) in [5, 5.41) is 3.45. The normalized spacial score (nSPS) is 25.9. The highest BCUT2D eigenvalue weighted by atomic mass is 16.5. The van der Waals surface area contributed by atoms with E-state index in [1.54, 1.807) is 0 Å². The zero-order chi connectivity index (χ0) is 8.10. The van der Waals surface area contributed by atoms with Gasteiger partial charge < -0.3 is 10.1 Å². The minimum Gasteiger partial charge on any atom is -0.377 e. The minimum absolute atomic E-state index is 0.374. The first kappa shape index (κ1) is 9.01. The standard InChI is InChI=1S/C9H19NO/c1-8(2)11-7-9-5-3-4-6-10-9/h8-10H,3-7H2,1-2H3/t9-/m1/s1. The quantitative estimate of drug-likeness (QED) is 0.671. The molecular weight excluding hydrogens is 138 g/mol. The van der Waals surface area contributed by atoms with Crippen LogP contribution in [0.1, 0.15) is 33.1 Å². The topological polar surface area (TPSA) is 21.3 Å². The lowest BCUT2D eigenvalue weighted by Gasteiger charge is -2.24. The molecule has 1 N–H and O–H groups in total. The predicted octanol–water partition coefficient (Wildman–Crippen LogP) is 1.55. The Balaban J connectivity index is 2.05. The molecule has 0 unspecified atom stereocenters. The molecular formula is C9H19NO. The molecule has 0 aliphatic carbocycles. The monoisotopic (exact) mass is 157 g/mol. The van der Waals surface area contributed by atoms with Crippen LogP contribution in [0.3, 0.4) is 0 Å². The highest BCUT2D eigenvalue weighted by molar-refractivity contribution is 4.71. The maximum atomic E-state index is 5.52. The van der Waals surface area contributed by atoms with Gasteiger partial charge in [0.05, 0.1) is 12.7 Å². The van der Waals surface area contributed by atoms with Crippen molar-refractivity contribution in [2.24, 2.45) is 0 Å². The Hall–Kier alpha value is -0.0800. The second-order valence-corrected chi connectivity index (χ2v) is 3.53. The van der Waals surface area contributed by atoms with E-state index in [0.29, 0.717) is 12.1 Å². The van der Waals surface area contributed by atoms with Crippen LogP contribution in [-0.4, -0.2) is 25.3 Å². The van der Waals surface area contributed by atoms with Crippen molar-refractivity contribution in [1.82, 2.24) is 5.32 Å². The summed E-state index contributed by atoms with van der Waals surface area (Å²) in [7, 11) is 0. The van der Waals surface area contributed by atoms with Crippen LogP contribution in [-0.2, 0) is 4.74 Å². The maximum Gasteiger partial charge on any atom is 0.0623 e. The molecule has 1 aliphatic rings. The number of nitrogens with one attached hydrogen (secondary N) is 1. The van der Waals surface area contributed by atoms with Gasteiger partial charge in [-0.1, -0.05) is 6.42 Å². The summed E-state index contributed by atoms with van der Waals surface area (Å²) in [6.07, 6.45) is 4.35. The third-order valence-electron chi connectivity index (χ3n) is 2.04. The van der Waals surface area contributed by atoms with Gasteiger partial charge in [0, 0.05) is 6.04 Å². The van der Waals surface area contributed by atoms with Gasteiger partial charge in [-0.05, 0) is 33.2 Å². The molecule has 0 radical (unpaired) electrons. The maximum absolute atomic E-state index is 5.52. The molecule has 2 heteroatoms. The molecule has 1 aliphatic heterocycles. The van der Waals surface area contributed by atoms with Gasteiger partial charge in [-0.2, -0.15) is 0 Å². The molecule has 1 fully saturated rings. The molecule has 1 rings (SSSR count). The predicted molar refractivity (Wildman–Crippen MR) is 46.7 cm³/mol. The van der Waals surface area contributed by atoms with E-state index in [9.17, 15) is 0 Å². The Morgan fingerprint density at radius 1 is 1.45 bits per heavy atom. The molecule has 2 nitrogen and oxygen atoms in total. The largest absolute Gasteiger partial charge is 0.377 e. The Bertz CT molecular complexity index is 97.7. The third kappa shape index (κ3) is 3.73. The van der Waals surface area contributed by atoms with Crippen molar-refractivity contribution in [3.05, 3.63) is 0 Å². The molecule has 0 spiro atoms. The molecule has 66 valence electrons. The van der Waals surface area contributed by atoms with Gasteiger partial charge >= 0.3 is 0 Å². The zero-order valence-corrected chi connectivity index (χ0v) is 7.60. The van der Waals surface area contributed by atoms with E-state index in [2.05, 4.69) is 19.2 Å². The van der Waals surface area contributed by atoms with Crippen LogP contribution in [0, 0.1) is 0 Å². The lowest BCUT2D eigenvalue weighted by molar-refractivity contribution is 0.0558. The summed E-state index contributed by atoms with van der Waals surface area (Å²) < 4.78 is 5.52. The van der Waals surface area contributed by atoms with E-state index in [-0.39, 0.29) is 0 Å². The first-order valence-corrected chi connectivity index (χ1v) is 4.64. The average Bonchev–Trinajstić information content (AvgIpc) is 2.03. The summed E-state index contributed by atoms with van der Waals surface area (Å²) >= 11 is 0. The Kier molecular flexibility index (Phi) is 3.87. The molecule has 1 saturated heterocycles. The van der Waals surface area contributed by atoms with Crippen molar-refractivity contribution in [1.29, 1.82) is 0 Å².